The van der Waals surface area contributed by atoms with Crippen molar-refractivity contribution in [2.24, 2.45) is 0 Å². The molecular weight excluding hydrogens is 204 g/mol. The molecule has 0 amide bonds. The van der Waals surface area contributed by atoms with Gasteiger partial charge in [-0.2, -0.15) is 0 Å². The van der Waals surface area contributed by atoms with Crippen LogP contribution in [-0.4, -0.2) is 24.7 Å². The summed E-state index contributed by atoms with van der Waals surface area (Å²) in [6.07, 6.45) is 6.96. The molecule has 3 rings (SSSR count). The first kappa shape index (κ1) is 10.3. The molecule has 1 saturated heterocycles. The van der Waals surface area contributed by atoms with E-state index < -0.39 is 0 Å². The third-order valence-electron chi connectivity index (χ3n) is 3.49. The van der Waals surface area contributed by atoms with Crippen molar-refractivity contribution in [2.75, 3.05) is 19.7 Å². The second-order valence-electron chi connectivity index (χ2n) is 4.65. The van der Waals surface area contributed by atoms with Crippen LogP contribution in [0.2, 0.25) is 0 Å². The smallest absolute Gasteiger partial charge is 0.197 e. The molecule has 16 heavy (non-hydrogen) atoms. The van der Waals surface area contributed by atoms with E-state index in [2.05, 4.69) is 10.3 Å². The van der Waals surface area contributed by atoms with Crippen molar-refractivity contribution in [3.63, 3.8) is 0 Å². The Morgan fingerprint density at radius 3 is 2.94 bits per heavy atom. The van der Waals surface area contributed by atoms with Crippen molar-refractivity contribution >= 4 is 0 Å². The zero-order valence-corrected chi connectivity index (χ0v) is 9.45. The van der Waals surface area contributed by atoms with Gasteiger partial charge < -0.3 is 14.5 Å². The Hall–Kier alpha value is -0.870. The first-order chi connectivity index (χ1) is 7.93. The highest BCUT2D eigenvalue weighted by Gasteiger charge is 2.25. The van der Waals surface area contributed by atoms with E-state index in [-0.39, 0.29) is 6.10 Å². The quantitative estimate of drug-likeness (QED) is 0.831. The van der Waals surface area contributed by atoms with Gasteiger partial charge in [-0.3, -0.25) is 0 Å². The summed E-state index contributed by atoms with van der Waals surface area (Å²) in [5.74, 6) is 2.35. The Kier molecular flexibility index (Phi) is 2.93. The molecule has 1 aromatic rings. The van der Waals surface area contributed by atoms with Gasteiger partial charge in [0, 0.05) is 19.0 Å². The van der Waals surface area contributed by atoms with Crippen molar-refractivity contribution < 1.29 is 9.15 Å². The van der Waals surface area contributed by atoms with Gasteiger partial charge in [-0.1, -0.05) is 12.8 Å². The number of nitrogens with one attached hydrogen (secondary N) is 1. The van der Waals surface area contributed by atoms with Gasteiger partial charge in [0.2, 0.25) is 0 Å². The summed E-state index contributed by atoms with van der Waals surface area (Å²) < 4.78 is 11.5. The summed E-state index contributed by atoms with van der Waals surface area (Å²) in [6.45, 7) is 2.52. The van der Waals surface area contributed by atoms with Crippen molar-refractivity contribution in [3.05, 3.63) is 17.8 Å². The first-order valence-corrected chi connectivity index (χ1v) is 6.21. The van der Waals surface area contributed by atoms with E-state index >= 15 is 0 Å². The zero-order valence-electron chi connectivity index (χ0n) is 9.45. The van der Waals surface area contributed by atoms with E-state index in [1.54, 1.807) is 0 Å². The SMILES string of the molecule is c1nc(C2CCCC2)oc1C1CNCCO1. The fourth-order valence-corrected chi connectivity index (χ4v) is 2.56. The summed E-state index contributed by atoms with van der Waals surface area (Å²) in [7, 11) is 0. The Balaban J connectivity index is 1.71. The third kappa shape index (κ3) is 1.99. The number of aromatic nitrogens is 1. The lowest BCUT2D eigenvalue weighted by molar-refractivity contribution is 0.0134. The Morgan fingerprint density at radius 1 is 1.31 bits per heavy atom. The van der Waals surface area contributed by atoms with Crippen LogP contribution in [0.4, 0.5) is 0 Å². The van der Waals surface area contributed by atoms with E-state index in [4.69, 9.17) is 9.15 Å². The maximum atomic E-state index is 5.83. The highest BCUT2D eigenvalue weighted by molar-refractivity contribution is 5.04. The normalized spacial score (nSPS) is 27.4. The molecule has 1 atom stereocenters. The molecule has 1 saturated carbocycles. The Morgan fingerprint density at radius 2 is 2.19 bits per heavy atom. The topological polar surface area (TPSA) is 47.3 Å². The van der Waals surface area contributed by atoms with Gasteiger partial charge in [-0.25, -0.2) is 4.98 Å². The molecule has 88 valence electrons. The molecule has 2 aliphatic rings. The van der Waals surface area contributed by atoms with Gasteiger partial charge in [0.05, 0.1) is 12.8 Å². The third-order valence-corrected chi connectivity index (χ3v) is 3.49. The number of oxazole rings is 1. The van der Waals surface area contributed by atoms with Crippen molar-refractivity contribution in [1.29, 1.82) is 0 Å². The van der Waals surface area contributed by atoms with Gasteiger partial charge >= 0.3 is 0 Å². The Labute approximate surface area is 95.4 Å². The number of nitrogens with zero attached hydrogens (tertiary/aromatic N) is 1. The molecule has 1 unspecified atom stereocenters. The van der Waals surface area contributed by atoms with Gasteiger partial charge in [0.1, 0.15) is 6.10 Å². The maximum absolute atomic E-state index is 5.83. The lowest BCUT2D eigenvalue weighted by Crippen LogP contribution is -2.33. The molecule has 0 radical (unpaired) electrons. The lowest BCUT2D eigenvalue weighted by atomic mass is 10.1. The molecule has 1 aromatic heterocycles. The van der Waals surface area contributed by atoms with Crippen LogP contribution in [0, 0.1) is 0 Å². The monoisotopic (exact) mass is 222 g/mol. The van der Waals surface area contributed by atoms with Crippen LogP contribution < -0.4 is 5.32 Å². The fourth-order valence-electron chi connectivity index (χ4n) is 2.56. The number of hydrogen-bond acceptors (Lipinski definition) is 4. The predicted molar refractivity (Wildman–Crippen MR) is 59.3 cm³/mol. The highest BCUT2D eigenvalue weighted by Crippen LogP contribution is 2.34. The lowest BCUT2D eigenvalue weighted by Gasteiger charge is -2.21. The maximum Gasteiger partial charge on any atom is 0.197 e. The van der Waals surface area contributed by atoms with Crippen LogP contribution in [0.3, 0.4) is 0 Å². The van der Waals surface area contributed by atoms with E-state index in [9.17, 15) is 0 Å². The second kappa shape index (κ2) is 4.55. The van der Waals surface area contributed by atoms with Crippen LogP contribution in [0.25, 0.3) is 0 Å². The van der Waals surface area contributed by atoms with E-state index in [0.717, 1.165) is 31.3 Å². The number of rotatable bonds is 2. The molecule has 2 fully saturated rings. The Bertz CT molecular complexity index is 339. The number of hydrogen-bond donors (Lipinski definition) is 1. The zero-order chi connectivity index (χ0) is 10.8. The van der Waals surface area contributed by atoms with E-state index in [1.165, 1.54) is 25.7 Å². The van der Waals surface area contributed by atoms with Crippen molar-refractivity contribution in [3.8, 4) is 0 Å². The second-order valence-corrected chi connectivity index (χ2v) is 4.65. The van der Waals surface area contributed by atoms with E-state index in [0.29, 0.717) is 5.92 Å². The van der Waals surface area contributed by atoms with Crippen LogP contribution in [-0.2, 0) is 4.74 Å². The summed E-state index contributed by atoms with van der Waals surface area (Å²) in [4.78, 5) is 4.40. The summed E-state index contributed by atoms with van der Waals surface area (Å²) in [5.41, 5.74) is 0. The van der Waals surface area contributed by atoms with Gasteiger partial charge in [-0.05, 0) is 12.8 Å². The van der Waals surface area contributed by atoms with E-state index in [1.807, 2.05) is 6.20 Å². The van der Waals surface area contributed by atoms with Crippen LogP contribution in [0.15, 0.2) is 10.6 Å². The molecular formula is C12H18N2O2. The van der Waals surface area contributed by atoms with Crippen LogP contribution in [0.5, 0.6) is 0 Å². The molecule has 2 heterocycles. The average molecular weight is 222 g/mol. The summed E-state index contributed by atoms with van der Waals surface area (Å²) in [6, 6.07) is 0. The largest absolute Gasteiger partial charge is 0.443 e. The molecule has 0 spiro atoms. The molecule has 1 N–H and O–H groups in total. The highest BCUT2D eigenvalue weighted by atomic mass is 16.5. The van der Waals surface area contributed by atoms with Gasteiger partial charge in [0.15, 0.2) is 11.7 Å². The molecule has 1 aliphatic carbocycles. The fraction of sp³-hybridized carbons (Fsp3) is 0.750. The summed E-state index contributed by atoms with van der Waals surface area (Å²) >= 11 is 0. The van der Waals surface area contributed by atoms with Crippen LogP contribution in [0.1, 0.15) is 49.4 Å². The van der Waals surface area contributed by atoms with Gasteiger partial charge in [-0.15, -0.1) is 0 Å². The molecule has 0 aromatic carbocycles. The molecule has 4 heteroatoms. The number of morpholine rings is 1. The summed E-state index contributed by atoms with van der Waals surface area (Å²) in [5, 5.41) is 3.30. The van der Waals surface area contributed by atoms with Crippen LogP contribution >= 0.6 is 0 Å². The average Bonchev–Trinajstić information content (AvgIpc) is 3.01. The molecule has 0 bridgehead atoms. The van der Waals surface area contributed by atoms with Crippen molar-refractivity contribution in [2.45, 2.75) is 37.7 Å². The minimum Gasteiger partial charge on any atom is -0.443 e. The minimum absolute atomic E-state index is 0.0522. The van der Waals surface area contributed by atoms with Crippen molar-refractivity contribution in [1.82, 2.24) is 10.3 Å². The number of ether oxygens (including phenoxy) is 1. The standard InChI is InChI=1S/C12H18N2O2/c1-2-4-9(3-1)12-14-8-11(16-12)10-7-13-5-6-15-10/h8-10,13H,1-7H2. The molecule has 4 nitrogen and oxygen atoms in total. The molecule has 1 aliphatic heterocycles. The van der Waals surface area contributed by atoms with Gasteiger partial charge in [0.25, 0.3) is 0 Å². The first-order valence-electron chi connectivity index (χ1n) is 6.21. The minimum atomic E-state index is 0.0522. The predicted octanol–water partition coefficient (Wildman–Crippen LogP) is 1.99.